The van der Waals surface area contributed by atoms with E-state index in [1.165, 1.54) is 0 Å². The Balaban J connectivity index is 2.62. The Morgan fingerprint density at radius 2 is 2.12 bits per heavy atom. The Bertz CT molecular complexity index is 336. The normalized spacial score (nSPS) is 15.1. The van der Waals surface area contributed by atoms with Gasteiger partial charge in [0.1, 0.15) is 0 Å². The average Bonchev–Trinajstić information content (AvgIpc) is 2.16. The zero-order valence-corrected chi connectivity index (χ0v) is 10.9. The molecule has 0 amide bonds. The second-order valence-corrected chi connectivity index (χ2v) is 5.08. The molecule has 2 nitrogen and oxygen atoms in total. The van der Waals surface area contributed by atoms with Crippen LogP contribution in [0.3, 0.4) is 0 Å². The third kappa shape index (κ3) is 4.12. The zero-order chi connectivity index (χ0) is 12.2. The summed E-state index contributed by atoms with van der Waals surface area (Å²) in [5.41, 5.74) is 0.0397. The minimum Gasteiger partial charge on any atom is -0.385 e. The van der Waals surface area contributed by atoms with Crippen molar-refractivity contribution in [2.24, 2.45) is 0 Å². The zero-order valence-electron chi connectivity index (χ0n) is 10.1. The smallest absolute Gasteiger partial charge is 0.0881 e. The lowest BCUT2D eigenvalue weighted by Gasteiger charge is -2.24. The Hall–Kier alpha value is -0.570. The molecule has 3 heteroatoms. The second kappa shape index (κ2) is 5.67. The van der Waals surface area contributed by atoms with Gasteiger partial charge in [-0.25, -0.2) is 0 Å². The van der Waals surface area contributed by atoms with Gasteiger partial charge in [-0.3, -0.25) is 0 Å². The van der Waals surface area contributed by atoms with Crippen molar-refractivity contribution >= 4 is 11.6 Å². The summed E-state index contributed by atoms with van der Waals surface area (Å²) in [6.07, 6.45) is 0.672. The quantitative estimate of drug-likeness (QED) is 0.831. The largest absolute Gasteiger partial charge is 0.385 e. The first-order chi connectivity index (χ1) is 7.42. The highest BCUT2D eigenvalue weighted by molar-refractivity contribution is 6.30. The monoisotopic (exact) mass is 241 g/mol. The van der Waals surface area contributed by atoms with Crippen molar-refractivity contribution < 1.29 is 5.11 Å². The van der Waals surface area contributed by atoms with Gasteiger partial charge in [0.25, 0.3) is 0 Å². The van der Waals surface area contributed by atoms with Gasteiger partial charge in [-0.05, 0) is 37.6 Å². The summed E-state index contributed by atoms with van der Waals surface area (Å²) >= 11 is 5.91. The van der Waals surface area contributed by atoms with Crippen molar-refractivity contribution in [3.63, 3.8) is 0 Å². The first kappa shape index (κ1) is 13.5. The van der Waals surface area contributed by atoms with Crippen molar-refractivity contribution in [1.29, 1.82) is 0 Å². The van der Waals surface area contributed by atoms with Crippen LogP contribution in [0.2, 0.25) is 5.02 Å². The molecule has 0 heterocycles. The summed E-state index contributed by atoms with van der Waals surface area (Å²) in [7, 11) is 0. The minimum atomic E-state index is -0.827. The third-order valence-electron chi connectivity index (χ3n) is 2.61. The molecular weight excluding hydrogens is 222 g/mol. The molecule has 0 spiro atoms. The minimum absolute atomic E-state index is 0.440. The molecule has 2 N–H and O–H groups in total. The van der Waals surface area contributed by atoms with E-state index in [2.05, 4.69) is 19.2 Å². The summed E-state index contributed by atoms with van der Waals surface area (Å²) in [6, 6.07) is 7.84. The van der Waals surface area contributed by atoms with Crippen LogP contribution < -0.4 is 5.32 Å². The molecule has 0 bridgehead atoms. The van der Waals surface area contributed by atoms with E-state index in [9.17, 15) is 5.11 Å². The van der Waals surface area contributed by atoms with E-state index in [0.717, 1.165) is 12.1 Å². The summed E-state index contributed by atoms with van der Waals surface area (Å²) in [5, 5.41) is 14.3. The summed E-state index contributed by atoms with van der Waals surface area (Å²) in [4.78, 5) is 0. The fourth-order valence-corrected chi connectivity index (χ4v) is 1.76. The van der Waals surface area contributed by atoms with Crippen LogP contribution in [0.4, 0.5) is 0 Å². The highest BCUT2D eigenvalue weighted by Crippen LogP contribution is 2.26. The number of rotatable bonds is 5. The molecule has 1 aromatic rings. The molecule has 0 aromatic heterocycles. The first-order valence-corrected chi connectivity index (χ1v) is 6.01. The van der Waals surface area contributed by atoms with Gasteiger partial charge in [0.2, 0.25) is 0 Å². The maximum atomic E-state index is 10.3. The van der Waals surface area contributed by atoms with Crippen LogP contribution in [0.1, 0.15) is 32.8 Å². The molecule has 0 aliphatic carbocycles. The van der Waals surface area contributed by atoms with E-state index in [1.807, 2.05) is 31.2 Å². The van der Waals surface area contributed by atoms with Crippen LogP contribution in [0.15, 0.2) is 24.3 Å². The molecule has 90 valence electrons. The van der Waals surface area contributed by atoms with Crippen molar-refractivity contribution in [2.75, 3.05) is 6.54 Å². The Morgan fingerprint density at radius 1 is 1.44 bits per heavy atom. The molecular formula is C13H20ClNO. The van der Waals surface area contributed by atoms with E-state index < -0.39 is 5.60 Å². The number of nitrogens with one attached hydrogen (secondary N) is 1. The van der Waals surface area contributed by atoms with Crippen LogP contribution in [-0.2, 0) is 5.60 Å². The molecule has 0 saturated carbocycles. The van der Waals surface area contributed by atoms with Crippen LogP contribution in [0.25, 0.3) is 0 Å². The fourth-order valence-electron chi connectivity index (χ4n) is 1.57. The van der Waals surface area contributed by atoms with Gasteiger partial charge in [0.15, 0.2) is 0 Å². The van der Waals surface area contributed by atoms with Crippen LogP contribution in [-0.4, -0.2) is 17.7 Å². The second-order valence-electron chi connectivity index (χ2n) is 4.64. The highest BCUT2D eigenvalue weighted by atomic mass is 35.5. The van der Waals surface area contributed by atoms with E-state index in [0.29, 0.717) is 17.5 Å². The summed E-state index contributed by atoms with van der Waals surface area (Å²) < 4.78 is 0. The predicted octanol–water partition coefficient (Wildman–Crippen LogP) is 2.94. The van der Waals surface area contributed by atoms with Crippen LogP contribution >= 0.6 is 11.6 Å². The Kier molecular flexibility index (Phi) is 4.78. The molecule has 0 radical (unpaired) electrons. The molecule has 0 aliphatic rings. The molecule has 16 heavy (non-hydrogen) atoms. The lowest BCUT2D eigenvalue weighted by molar-refractivity contribution is 0.0475. The summed E-state index contributed by atoms with van der Waals surface area (Å²) in [5.74, 6) is 0. The van der Waals surface area contributed by atoms with Gasteiger partial charge < -0.3 is 10.4 Å². The van der Waals surface area contributed by atoms with Crippen molar-refractivity contribution in [1.82, 2.24) is 5.32 Å². The highest BCUT2D eigenvalue weighted by Gasteiger charge is 2.22. The molecule has 0 aliphatic heterocycles. The van der Waals surface area contributed by atoms with Crippen LogP contribution in [0, 0.1) is 0 Å². The molecule has 0 saturated heterocycles. The van der Waals surface area contributed by atoms with Gasteiger partial charge in [-0.1, -0.05) is 37.6 Å². The Labute approximate surface area is 103 Å². The molecule has 0 fully saturated rings. The van der Waals surface area contributed by atoms with Crippen molar-refractivity contribution in [3.8, 4) is 0 Å². The van der Waals surface area contributed by atoms with E-state index in [1.54, 1.807) is 0 Å². The maximum absolute atomic E-state index is 10.3. The topological polar surface area (TPSA) is 32.3 Å². The van der Waals surface area contributed by atoms with Crippen molar-refractivity contribution in [2.45, 2.75) is 38.8 Å². The average molecular weight is 242 g/mol. The van der Waals surface area contributed by atoms with Gasteiger partial charge in [-0.2, -0.15) is 0 Å². The van der Waals surface area contributed by atoms with Gasteiger partial charge in [0, 0.05) is 11.1 Å². The number of aliphatic hydroxyl groups is 1. The summed E-state index contributed by atoms with van der Waals surface area (Å²) in [6.45, 7) is 6.79. The first-order valence-electron chi connectivity index (χ1n) is 5.63. The maximum Gasteiger partial charge on any atom is 0.0881 e. The molecule has 1 rings (SSSR count). The van der Waals surface area contributed by atoms with Gasteiger partial charge in [-0.15, -0.1) is 0 Å². The number of hydrogen-bond donors (Lipinski definition) is 2. The molecule has 1 aromatic carbocycles. The van der Waals surface area contributed by atoms with Crippen molar-refractivity contribution in [3.05, 3.63) is 34.9 Å². The molecule has 1 atom stereocenters. The van der Waals surface area contributed by atoms with E-state index in [4.69, 9.17) is 11.6 Å². The lowest BCUT2D eigenvalue weighted by atomic mass is 9.92. The SMILES string of the molecule is CC(C)NCCC(C)(O)c1cccc(Cl)c1. The molecule has 1 unspecified atom stereocenters. The predicted molar refractivity (Wildman–Crippen MR) is 68.8 cm³/mol. The fraction of sp³-hybridized carbons (Fsp3) is 0.538. The third-order valence-corrected chi connectivity index (χ3v) is 2.85. The van der Waals surface area contributed by atoms with Gasteiger partial charge >= 0.3 is 0 Å². The Morgan fingerprint density at radius 3 is 2.69 bits per heavy atom. The van der Waals surface area contributed by atoms with E-state index >= 15 is 0 Å². The van der Waals surface area contributed by atoms with Crippen LogP contribution in [0.5, 0.6) is 0 Å². The van der Waals surface area contributed by atoms with E-state index in [-0.39, 0.29) is 0 Å². The van der Waals surface area contributed by atoms with Gasteiger partial charge in [0.05, 0.1) is 5.60 Å². The number of benzene rings is 1. The lowest BCUT2D eigenvalue weighted by Crippen LogP contribution is -2.31. The number of hydrogen-bond acceptors (Lipinski definition) is 2. The number of halogens is 1. The standard InChI is InChI=1S/C13H20ClNO/c1-10(2)15-8-7-13(3,16)11-5-4-6-12(14)9-11/h4-6,9-10,15-16H,7-8H2,1-3H3.